The van der Waals surface area contributed by atoms with Crippen molar-refractivity contribution in [3.63, 3.8) is 0 Å². The van der Waals surface area contributed by atoms with Crippen molar-refractivity contribution >= 4 is 11.9 Å². The molecule has 5 rings (SSSR count). The first kappa shape index (κ1) is 26.2. The van der Waals surface area contributed by atoms with Crippen LogP contribution in [-0.4, -0.2) is 19.0 Å². The fourth-order valence-electron chi connectivity index (χ4n) is 6.82. The van der Waals surface area contributed by atoms with E-state index in [0.29, 0.717) is 0 Å². The van der Waals surface area contributed by atoms with Crippen LogP contribution < -0.4 is 5.11 Å². The average molecular weight is 507 g/mol. The van der Waals surface area contributed by atoms with E-state index in [9.17, 15) is 9.59 Å². The van der Waals surface area contributed by atoms with Gasteiger partial charge >= 0.3 is 201 Å². The van der Waals surface area contributed by atoms with Gasteiger partial charge in [0.05, 0.1) is 0 Å². The number of fused-ring (bicyclic) bond motifs is 1. The van der Waals surface area contributed by atoms with E-state index in [-0.39, 0.29) is 28.0 Å². The van der Waals surface area contributed by atoms with Gasteiger partial charge in [-0.2, -0.15) is 7.11 Å². The number of carbonyl (C=O) groups excluding carboxylic acids is 2. The second-order valence-electron chi connectivity index (χ2n) is 10.7. The molecule has 0 bridgehead atoms. The van der Waals surface area contributed by atoms with Gasteiger partial charge in [0.2, 0.25) is 0 Å². The van der Waals surface area contributed by atoms with Gasteiger partial charge in [-0.3, -0.25) is 0 Å². The van der Waals surface area contributed by atoms with E-state index in [0.717, 1.165) is 77.7 Å². The third-order valence-corrected chi connectivity index (χ3v) is 11.8. The van der Waals surface area contributed by atoms with E-state index < -0.39 is 18.6 Å². The first-order valence-electron chi connectivity index (χ1n) is 13.8. The molecule has 188 valence electrons. The molecule has 0 aromatic rings. The summed E-state index contributed by atoms with van der Waals surface area (Å²) >= 11 is -2.84. The molecule has 0 aromatic carbocycles. The second-order valence-corrected chi connectivity index (χ2v) is 13.5. The summed E-state index contributed by atoms with van der Waals surface area (Å²) < 4.78 is 12.8. The van der Waals surface area contributed by atoms with Gasteiger partial charge in [0.25, 0.3) is 0 Å². The molecule has 0 amide bonds. The Balaban J connectivity index is 0.00000133. The second kappa shape index (κ2) is 12.9. The molecule has 0 N–H and O–H groups in total. The monoisotopic (exact) mass is 506 g/mol. The molecule has 6 heteroatoms. The van der Waals surface area contributed by atoms with Gasteiger partial charge in [0.15, 0.2) is 0 Å². The Bertz CT molecular complexity index is 757. The molecule has 2 fully saturated rings. The molecule has 0 aliphatic heterocycles. The van der Waals surface area contributed by atoms with Crippen LogP contribution in [0, 0.1) is 11.8 Å². The van der Waals surface area contributed by atoms with Crippen molar-refractivity contribution < 1.29 is 40.0 Å². The summed E-state index contributed by atoms with van der Waals surface area (Å²) in [6, 6.07) is 0. The van der Waals surface area contributed by atoms with E-state index in [4.69, 9.17) is 11.7 Å². The standard InChI is InChI=1S/C13H17.2C7H12O2.CH3O.Ti/c1-3-7-12-10(5-1)9-11-6-2-4-8-13(11)12;2*8-7(9)6-4-2-1-3-5-6;1-2;/h5H,1-4,6-9H2;2*6H,1-5H2,(H,8,9);1H3;/q;;;-1;+3/p-2. The van der Waals surface area contributed by atoms with Crippen LogP contribution in [0.5, 0.6) is 0 Å². The van der Waals surface area contributed by atoms with Gasteiger partial charge in [0, 0.05) is 0 Å². The number of allylic oxidation sites excluding steroid dienone is 4. The van der Waals surface area contributed by atoms with Gasteiger partial charge in [-0.05, 0) is 0 Å². The van der Waals surface area contributed by atoms with E-state index in [1.807, 2.05) is 0 Å². The van der Waals surface area contributed by atoms with Crippen LogP contribution in [0.2, 0.25) is 4.22 Å². The van der Waals surface area contributed by atoms with E-state index >= 15 is 0 Å². The van der Waals surface area contributed by atoms with Gasteiger partial charge in [0.1, 0.15) is 0 Å². The SMILES string of the molecule is C[O-].O=C([O][Ti+]([O]C(=O)C1CCCCC1)[CH]1CCCC2=C1CC1=C2CCCC1)C1CCCCC1. The molecule has 0 radical (unpaired) electrons. The maximum absolute atomic E-state index is 13.2. The molecular formula is C28H42O5Ti. The summed E-state index contributed by atoms with van der Waals surface area (Å²) in [7, 11) is 0.750. The minimum absolute atomic E-state index is 0.0200. The van der Waals surface area contributed by atoms with Crippen molar-refractivity contribution in [2.75, 3.05) is 7.11 Å². The Kier molecular flexibility index (Phi) is 9.91. The van der Waals surface area contributed by atoms with Crippen LogP contribution in [0.1, 0.15) is 116 Å². The van der Waals surface area contributed by atoms with Crippen molar-refractivity contribution in [3.05, 3.63) is 22.3 Å². The first-order chi connectivity index (χ1) is 16.7. The Morgan fingerprint density at radius 3 is 1.79 bits per heavy atom. The summed E-state index contributed by atoms with van der Waals surface area (Å²) in [6.07, 6.45) is 20.1. The molecule has 0 aromatic heterocycles. The Morgan fingerprint density at radius 2 is 1.21 bits per heavy atom. The van der Waals surface area contributed by atoms with Crippen molar-refractivity contribution in [1.82, 2.24) is 0 Å². The van der Waals surface area contributed by atoms with Crippen LogP contribution in [0.4, 0.5) is 0 Å². The molecule has 0 saturated heterocycles. The molecule has 34 heavy (non-hydrogen) atoms. The molecule has 2 saturated carbocycles. The summed E-state index contributed by atoms with van der Waals surface area (Å²) in [5, 5.41) is 8.25. The summed E-state index contributed by atoms with van der Waals surface area (Å²) in [6.45, 7) is 0. The predicted octanol–water partition coefficient (Wildman–Crippen LogP) is 6.20. The summed E-state index contributed by atoms with van der Waals surface area (Å²) in [4.78, 5) is 26.3. The Morgan fingerprint density at radius 1 is 0.676 bits per heavy atom. The van der Waals surface area contributed by atoms with Crippen LogP contribution in [-0.2, 0) is 34.9 Å². The van der Waals surface area contributed by atoms with E-state index in [2.05, 4.69) is 0 Å². The fraction of sp³-hybridized carbons (Fsp3) is 0.786. The van der Waals surface area contributed by atoms with Crippen molar-refractivity contribution in [2.24, 2.45) is 11.8 Å². The normalized spacial score (nSPS) is 25.6. The summed E-state index contributed by atoms with van der Waals surface area (Å²) in [5.74, 6) is -0.0719. The number of hydrogen-bond acceptors (Lipinski definition) is 5. The van der Waals surface area contributed by atoms with Crippen molar-refractivity contribution in [2.45, 2.75) is 120 Å². The first-order valence-corrected chi connectivity index (χ1v) is 16.0. The molecule has 1 atom stereocenters. The quantitative estimate of drug-likeness (QED) is 0.415. The summed E-state index contributed by atoms with van der Waals surface area (Å²) in [5.41, 5.74) is 6.35. The Hall–Kier alpha value is -0.906. The molecular weight excluding hydrogens is 464 g/mol. The average Bonchev–Trinajstić information content (AvgIpc) is 3.29. The fourth-order valence-corrected chi connectivity index (χ4v) is 10.0. The zero-order chi connectivity index (χ0) is 23.9. The molecule has 0 heterocycles. The third kappa shape index (κ3) is 6.07. The van der Waals surface area contributed by atoms with Crippen molar-refractivity contribution in [1.29, 1.82) is 0 Å². The van der Waals surface area contributed by atoms with Crippen LogP contribution >= 0.6 is 0 Å². The minimum atomic E-state index is -2.84. The molecule has 5 aliphatic rings. The topological polar surface area (TPSA) is 75.7 Å². The van der Waals surface area contributed by atoms with Crippen LogP contribution in [0.25, 0.3) is 0 Å². The zero-order valence-corrected chi connectivity index (χ0v) is 22.6. The van der Waals surface area contributed by atoms with Gasteiger partial charge in [-0.25, -0.2) is 0 Å². The number of carbonyl (C=O) groups is 2. The van der Waals surface area contributed by atoms with Crippen molar-refractivity contribution in [3.8, 4) is 0 Å². The van der Waals surface area contributed by atoms with Gasteiger partial charge < -0.3 is 5.11 Å². The van der Waals surface area contributed by atoms with Gasteiger partial charge in [-0.1, -0.05) is 0 Å². The molecule has 0 spiro atoms. The number of hydrogen-bond donors (Lipinski definition) is 0. The maximum atomic E-state index is 13.2. The molecule has 5 aliphatic carbocycles. The van der Waals surface area contributed by atoms with E-state index in [1.54, 1.807) is 16.7 Å². The van der Waals surface area contributed by atoms with Crippen LogP contribution in [0.3, 0.4) is 0 Å². The third-order valence-electron chi connectivity index (χ3n) is 8.64. The zero-order valence-electron chi connectivity index (χ0n) is 21.0. The van der Waals surface area contributed by atoms with Crippen LogP contribution in [0.15, 0.2) is 22.3 Å². The number of rotatable bonds is 5. The predicted molar refractivity (Wildman–Crippen MR) is 126 cm³/mol. The molecule has 5 nitrogen and oxygen atoms in total. The van der Waals surface area contributed by atoms with E-state index in [1.165, 1.54) is 50.5 Å². The van der Waals surface area contributed by atoms with Gasteiger partial charge in [-0.15, -0.1) is 0 Å². The molecule has 1 unspecified atom stereocenters. The Labute approximate surface area is 212 Å².